The number of rotatable bonds is 8. The highest BCUT2D eigenvalue weighted by atomic mass is 32.2. The molecule has 0 aliphatic carbocycles. The van der Waals surface area contributed by atoms with E-state index in [1.54, 1.807) is 37.3 Å². The summed E-state index contributed by atoms with van der Waals surface area (Å²) in [6, 6.07) is 13.7. The summed E-state index contributed by atoms with van der Waals surface area (Å²) in [5, 5.41) is 2.67. The number of anilines is 1. The number of para-hydroxylation sites is 1. The molecule has 0 aromatic heterocycles. The zero-order chi connectivity index (χ0) is 24.2. The summed E-state index contributed by atoms with van der Waals surface area (Å²) in [4.78, 5) is 26.5. The van der Waals surface area contributed by atoms with Crippen LogP contribution in [0.3, 0.4) is 0 Å². The molecule has 9 nitrogen and oxygen atoms in total. The molecule has 2 aromatic carbocycles. The van der Waals surface area contributed by atoms with Crippen LogP contribution in [0, 0.1) is 0 Å². The van der Waals surface area contributed by atoms with Gasteiger partial charge in [-0.15, -0.1) is 0 Å². The lowest BCUT2D eigenvalue weighted by Gasteiger charge is -2.22. The minimum atomic E-state index is -3.81. The van der Waals surface area contributed by atoms with Gasteiger partial charge >= 0.3 is 0 Å². The number of nitrogens with one attached hydrogen (secondary N) is 1. The van der Waals surface area contributed by atoms with Gasteiger partial charge in [-0.2, -0.15) is 0 Å². The Morgan fingerprint density at radius 2 is 1.70 bits per heavy atom. The monoisotopic (exact) mass is 493 g/mol. The Morgan fingerprint density at radius 3 is 2.24 bits per heavy atom. The van der Waals surface area contributed by atoms with Crippen molar-refractivity contribution in [3.05, 3.63) is 60.2 Å². The maximum Gasteiger partial charge on any atom is 0.264 e. The second-order valence-corrected chi connectivity index (χ2v) is 12.0. The van der Waals surface area contributed by atoms with Gasteiger partial charge in [-0.25, -0.2) is 16.8 Å². The second-order valence-electron chi connectivity index (χ2n) is 7.82. The average molecular weight is 494 g/mol. The minimum absolute atomic E-state index is 0.0358. The van der Waals surface area contributed by atoms with Crippen LogP contribution in [0.1, 0.15) is 23.7 Å². The third-order valence-corrected chi connectivity index (χ3v) is 9.05. The van der Waals surface area contributed by atoms with Crippen LogP contribution in [0.5, 0.6) is 0 Å². The zero-order valence-corrected chi connectivity index (χ0v) is 20.1. The Balaban J connectivity index is 1.67. The van der Waals surface area contributed by atoms with Gasteiger partial charge in [0.05, 0.1) is 28.6 Å². The van der Waals surface area contributed by atoms with Crippen molar-refractivity contribution in [1.82, 2.24) is 10.2 Å². The van der Waals surface area contributed by atoms with E-state index in [4.69, 9.17) is 0 Å². The molecular weight excluding hydrogens is 466 g/mol. The normalized spacial score (nSPS) is 17.3. The first-order chi connectivity index (χ1) is 15.5. The van der Waals surface area contributed by atoms with Crippen molar-refractivity contribution in [3.63, 3.8) is 0 Å². The van der Waals surface area contributed by atoms with Crippen LogP contribution in [-0.4, -0.2) is 71.2 Å². The lowest BCUT2D eigenvalue weighted by Crippen LogP contribution is -2.44. The van der Waals surface area contributed by atoms with E-state index in [0.717, 1.165) is 4.31 Å². The number of hydrogen-bond acceptors (Lipinski definition) is 6. The molecule has 2 aromatic rings. The van der Waals surface area contributed by atoms with Gasteiger partial charge in [-0.1, -0.05) is 18.2 Å². The molecule has 3 rings (SSSR count). The van der Waals surface area contributed by atoms with Gasteiger partial charge in [0.25, 0.3) is 15.9 Å². The van der Waals surface area contributed by atoms with Gasteiger partial charge in [0.2, 0.25) is 5.91 Å². The van der Waals surface area contributed by atoms with Crippen molar-refractivity contribution < 1.29 is 26.4 Å². The first-order valence-electron chi connectivity index (χ1n) is 10.5. The quantitative estimate of drug-likeness (QED) is 0.591. The first-order valence-corrected chi connectivity index (χ1v) is 13.7. The van der Waals surface area contributed by atoms with Gasteiger partial charge in [-0.05, 0) is 49.7 Å². The summed E-state index contributed by atoms with van der Waals surface area (Å²) < 4.78 is 50.1. The fourth-order valence-corrected chi connectivity index (χ4v) is 6.44. The molecule has 178 valence electrons. The van der Waals surface area contributed by atoms with Crippen LogP contribution in [-0.2, 0) is 24.7 Å². The molecule has 33 heavy (non-hydrogen) atoms. The summed E-state index contributed by atoms with van der Waals surface area (Å²) in [5.41, 5.74) is 0.755. The van der Waals surface area contributed by atoms with Crippen LogP contribution in [0.4, 0.5) is 5.69 Å². The van der Waals surface area contributed by atoms with Crippen LogP contribution in [0.15, 0.2) is 59.5 Å². The highest BCUT2D eigenvalue weighted by Crippen LogP contribution is 2.22. The average Bonchev–Trinajstić information content (AvgIpc) is 3.14. The predicted octanol–water partition coefficient (Wildman–Crippen LogP) is 1.28. The molecule has 1 N–H and O–H groups in total. The summed E-state index contributed by atoms with van der Waals surface area (Å²) in [7, 11) is -5.47. The molecule has 0 saturated carbocycles. The molecule has 11 heteroatoms. The second kappa shape index (κ2) is 9.92. The topological polar surface area (TPSA) is 121 Å². The van der Waals surface area contributed by atoms with Crippen molar-refractivity contribution in [2.24, 2.45) is 0 Å². The Bertz CT molecular complexity index is 1210. The molecule has 1 fully saturated rings. The molecule has 0 bridgehead atoms. The Hall–Kier alpha value is -2.92. The maximum atomic E-state index is 12.9. The van der Waals surface area contributed by atoms with Crippen molar-refractivity contribution in [2.75, 3.05) is 35.9 Å². The summed E-state index contributed by atoms with van der Waals surface area (Å²) in [6.07, 6.45) is 0.363. The van der Waals surface area contributed by atoms with E-state index in [9.17, 15) is 26.4 Å². The van der Waals surface area contributed by atoms with Gasteiger partial charge in [0, 0.05) is 25.2 Å². The fraction of sp³-hybridized carbons (Fsp3) is 0.364. The van der Waals surface area contributed by atoms with Crippen molar-refractivity contribution >= 4 is 37.4 Å². The van der Waals surface area contributed by atoms with Crippen LogP contribution >= 0.6 is 0 Å². The Kier molecular flexibility index (Phi) is 7.43. The predicted molar refractivity (Wildman–Crippen MR) is 125 cm³/mol. The van der Waals surface area contributed by atoms with Gasteiger partial charge < -0.3 is 10.2 Å². The van der Waals surface area contributed by atoms with E-state index >= 15 is 0 Å². The first kappa shape index (κ1) is 24.7. The van der Waals surface area contributed by atoms with Crippen LogP contribution in [0.2, 0.25) is 0 Å². The SMILES string of the molecule is CCN(CC(=O)NC1CCS(=O)(=O)C1)C(=O)c1ccc(S(=O)(=O)N(C)c2ccccc2)cc1. The summed E-state index contributed by atoms with van der Waals surface area (Å²) in [5.74, 6) is -0.905. The van der Waals surface area contributed by atoms with E-state index < -0.39 is 37.7 Å². The largest absolute Gasteiger partial charge is 0.351 e. The summed E-state index contributed by atoms with van der Waals surface area (Å²) in [6.45, 7) is 1.76. The van der Waals surface area contributed by atoms with Gasteiger partial charge in [0.1, 0.15) is 0 Å². The standard InChI is InChI=1S/C22H27N3O6S2/c1-3-25(15-21(26)23-18-13-14-32(28,29)16-18)22(27)17-9-11-20(12-10-17)33(30,31)24(2)19-7-5-4-6-8-19/h4-12,18H,3,13-16H2,1-2H3,(H,23,26). The number of nitrogens with zero attached hydrogens (tertiary/aromatic N) is 2. The Labute approximate surface area is 194 Å². The van der Waals surface area contributed by atoms with E-state index in [1.807, 2.05) is 0 Å². The number of likely N-dealkylation sites (N-methyl/N-ethyl adjacent to an activating group) is 1. The lowest BCUT2D eigenvalue weighted by molar-refractivity contribution is -0.122. The van der Waals surface area contributed by atoms with Gasteiger partial charge in [-0.3, -0.25) is 13.9 Å². The minimum Gasteiger partial charge on any atom is -0.351 e. The number of carbonyl (C=O) groups excluding carboxylic acids is 2. The summed E-state index contributed by atoms with van der Waals surface area (Å²) >= 11 is 0. The van der Waals surface area contributed by atoms with E-state index in [2.05, 4.69) is 5.32 Å². The maximum absolute atomic E-state index is 12.9. The molecule has 1 heterocycles. The number of hydrogen-bond donors (Lipinski definition) is 1. The molecule has 1 unspecified atom stereocenters. The fourth-order valence-electron chi connectivity index (χ4n) is 3.57. The van der Waals surface area contributed by atoms with E-state index in [-0.39, 0.29) is 35.1 Å². The van der Waals surface area contributed by atoms with Crippen LogP contribution < -0.4 is 9.62 Å². The van der Waals surface area contributed by atoms with Gasteiger partial charge in [0.15, 0.2) is 9.84 Å². The molecule has 0 spiro atoms. The number of sulfone groups is 1. The number of benzene rings is 2. The number of carbonyl (C=O) groups is 2. The number of sulfonamides is 1. The highest BCUT2D eigenvalue weighted by molar-refractivity contribution is 7.92. The highest BCUT2D eigenvalue weighted by Gasteiger charge is 2.29. The smallest absolute Gasteiger partial charge is 0.264 e. The van der Waals surface area contributed by atoms with E-state index in [0.29, 0.717) is 12.1 Å². The Morgan fingerprint density at radius 1 is 1.06 bits per heavy atom. The van der Waals surface area contributed by atoms with E-state index in [1.165, 1.54) is 36.2 Å². The van der Waals surface area contributed by atoms with Crippen molar-refractivity contribution in [2.45, 2.75) is 24.3 Å². The molecule has 0 radical (unpaired) electrons. The molecule has 1 saturated heterocycles. The lowest BCUT2D eigenvalue weighted by atomic mass is 10.2. The number of amides is 2. The van der Waals surface area contributed by atoms with Crippen molar-refractivity contribution in [1.29, 1.82) is 0 Å². The molecule has 2 amide bonds. The third kappa shape index (κ3) is 5.91. The third-order valence-electron chi connectivity index (χ3n) is 5.48. The molecular formula is C22H27N3O6S2. The molecule has 1 atom stereocenters. The zero-order valence-electron chi connectivity index (χ0n) is 18.5. The molecule has 1 aliphatic heterocycles. The molecule has 1 aliphatic rings. The van der Waals surface area contributed by atoms with Crippen molar-refractivity contribution in [3.8, 4) is 0 Å². The van der Waals surface area contributed by atoms with Crippen LogP contribution in [0.25, 0.3) is 0 Å².